The van der Waals surface area contributed by atoms with Gasteiger partial charge in [-0.3, -0.25) is 9.59 Å². The van der Waals surface area contributed by atoms with Crippen LogP contribution >= 0.6 is 23.2 Å². The number of hydrogen-bond donors (Lipinski definition) is 0. The van der Waals surface area contributed by atoms with E-state index in [1.807, 2.05) is 4.90 Å². The quantitative estimate of drug-likeness (QED) is 0.621. The fourth-order valence-electron chi connectivity index (χ4n) is 4.17. The Balaban J connectivity index is 1.88. The van der Waals surface area contributed by atoms with Gasteiger partial charge in [-0.15, -0.1) is 0 Å². The van der Waals surface area contributed by atoms with E-state index >= 15 is 0 Å². The van der Waals surface area contributed by atoms with Crippen LogP contribution < -0.4 is 9.64 Å². The summed E-state index contributed by atoms with van der Waals surface area (Å²) in [5, 5.41) is 0.805. The lowest BCUT2D eigenvalue weighted by Gasteiger charge is -2.33. The van der Waals surface area contributed by atoms with Crippen molar-refractivity contribution in [2.24, 2.45) is 5.92 Å². The number of imide groups is 1. The van der Waals surface area contributed by atoms with E-state index in [0.29, 0.717) is 57.3 Å². The normalized spacial score (nSPS) is 19.7. The van der Waals surface area contributed by atoms with Crippen molar-refractivity contribution in [3.05, 3.63) is 63.8 Å². The Bertz CT molecular complexity index is 1050. The second-order valence-electron chi connectivity index (χ2n) is 7.66. The Morgan fingerprint density at radius 3 is 2.53 bits per heavy atom. The standard InChI is InChI=1S/C23H22Cl2N2O3/c1-14-6-5-11-26(13-14)21-20(16-10-9-15(24)12-17(16)25)22(28)27(23(21)29)18-7-3-4-8-19(18)30-2/h3-4,7-10,12,14H,5-6,11,13H2,1-2H3. The van der Waals surface area contributed by atoms with Crippen LogP contribution in [-0.4, -0.2) is 36.9 Å². The van der Waals surface area contributed by atoms with Gasteiger partial charge in [0, 0.05) is 23.7 Å². The first kappa shape index (κ1) is 20.8. The molecule has 2 aromatic rings. The summed E-state index contributed by atoms with van der Waals surface area (Å²) < 4.78 is 5.41. The summed E-state index contributed by atoms with van der Waals surface area (Å²) in [5.74, 6) is 0.104. The fraction of sp³-hybridized carbons (Fsp3) is 0.304. The third kappa shape index (κ3) is 3.57. The molecule has 2 amide bonds. The highest BCUT2D eigenvalue weighted by Gasteiger charge is 2.44. The van der Waals surface area contributed by atoms with Crippen molar-refractivity contribution in [3.63, 3.8) is 0 Å². The summed E-state index contributed by atoms with van der Waals surface area (Å²) in [6.45, 7) is 3.58. The lowest BCUT2D eigenvalue weighted by molar-refractivity contribution is -0.120. The van der Waals surface area contributed by atoms with Crippen molar-refractivity contribution in [2.45, 2.75) is 19.8 Å². The summed E-state index contributed by atoms with van der Waals surface area (Å²) in [6.07, 6.45) is 2.06. The maximum atomic E-state index is 13.6. The second-order valence-corrected chi connectivity index (χ2v) is 8.50. The largest absolute Gasteiger partial charge is 0.495 e. The number of para-hydroxylation sites is 2. The predicted octanol–water partition coefficient (Wildman–Crippen LogP) is 5.02. The number of ether oxygens (including phenoxy) is 1. The molecule has 2 heterocycles. The monoisotopic (exact) mass is 444 g/mol. The van der Waals surface area contributed by atoms with Gasteiger partial charge in [0.05, 0.1) is 23.4 Å². The summed E-state index contributed by atoms with van der Waals surface area (Å²) in [7, 11) is 1.52. The predicted molar refractivity (Wildman–Crippen MR) is 119 cm³/mol. The van der Waals surface area contributed by atoms with E-state index in [1.165, 1.54) is 12.0 Å². The first-order valence-electron chi connectivity index (χ1n) is 9.88. The molecule has 2 aromatic carbocycles. The molecule has 4 rings (SSSR count). The number of nitrogens with zero attached hydrogens (tertiary/aromatic N) is 2. The number of likely N-dealkylation sites (tertiary alicyclic amines) is 1. The summed E-state index contributed by atoms with van der Waals surface area (Å²) in [4.78, 5) is 30.5. The first-order chi connectivity index (χ1) is 14.4. The van der Waals surface area contributed by atoms with E-state index in [1.54, 1.807) is 42.5 Å². The third-order valence-electron chi connectivity index (χ3n) is 5.56. The number of halogens is 2. The Labute approximate surface area is 185 Å². The highest BCUT2D eigenvalue weighted by atomic mass is 35.5. The Morgan fingerprint density at radius 2 is 1.83 bits per heavy atom. The van der Waals surface area contributed by atoms with Crippen molar-refractivity contribution in [3.8, 4) is 5.75 Å². The molecule has 7 heteroatoms. The van der Waals surface area contributed by atoms with Gasteiger partial charge in [0.15, 0.2) is 0 Å². The van der Waals surface area contributed by atoms with Crippen LogP contribution in [0.15, 0.2) is 48.2 Å². The zero-order valence-corrected chi connectivity index (χ0v) is 18.3. The molecule has 2 aliphatic heterocycles. The molecule has 0 spiro atoms. The highest BCUT2D eigenvalue weighted by molar-refractivity contribution is 6.47. The van der Waals surface area contributed by atoms with Gasteiger partial charge in [0.2, 0.25) is 0 Å². The van der Waals surface area contributed by atoms with Crippen molar-refractivity contribution in [1.82, 2.24) is 4.90 Å². The minimum Gasteiger partial charge on any atom is -0.495 e. The number of carbonyl (C=O) groups excluding carboxylic acids is 2. The molecule has 0 radical (unpaired) electrons. The average molecular weight is 445 g/mol. The van der Waals surface area contributed by atoms with Crippen LogP contribution in [-0.2, 0) is 9.59 Å². The van der Waals surface area contributed by atoms with E-state index in [0.717, 1.165) is 12.8 Å². The van der Waals surface area contributed by atoms with E-state index in [4.69, 9.17) is 27.9 Å². The molecule has 2 aliphatic rings. The van der Waals surface area contributed by atoms with Crippen LogP contribution in [0.3, 0.4) is 0 Å². The Kier molecular flexibility index (Phi) is 5.76. The first-order valence-corrected chi connectivity index (χ1v) is 10.6. The second kappa shape index (κ2) is 8.32. The molecule has 0 aliphatic carbocycles. The molecule has 1 atom stereocenters. The van der Waals surface area contributed by atoms with Crippen LogP contribution in [0.25, 0.3) is 5.57 Å². The number of piperidine rings is 1. The number of carbonyl (C=O) groups is 2. The molecule has 0 bridgehead atoms. The van der Waals surface area contributed by atoms with Gasteiger partial charge in [-0.1, -0.05) is 48.3 Å². The fourth-order valence-corrected chi connectivity index (χ4v) is 4.68. The number of anilines is 1. The Morgan fingerprint density at radius 1 is 1.07 bits per heavy atom. The van der Waals surface area contributed by atoms with Gasteiger partial charge in [0.1, 0.15) is 11.4 Å². The number of amides is 2. The maximum absolute atomic E-state index is 13.6. The molecule has 1 fully saturated rings. The van der Waals surface area contributed by atoms with E-state index < -0.39 is 5.91 Å². The summed E-state index contributed by atoms with van der Waals surface area (Å²) in [6, 6.07) is 12.0. The van der Waals surface area contributed by atoms with Crippen LogP contribution in [0.1, 0.15) is 25.3 Å². The highest BCUT2D eigenvalue weighted by Crippen LogP contribution is 2.41. The van der Waals surface area contributed by atoms with Gasteiger partial charge < -0.3 is 9.64 Å². The lowest BCUT2D eigenvalue weighted by Crippen LogP contribution is -2.39. The molecule has 1 saturated heterocycles. The van der Waals surface area contributed by atoms with Gasteiger partial charge in [-0.05, 0) is 43.0 Å². The maximum Gasteiger partial charge on any atom is 0.282 e. The number of rotatable bonds is 4. The average Bonchev–Trinajstić information content (AvgIpc) is 2.98. The molecular weight excluding hydrogens is 423 g/mol. The lowest BCUT2D eigenvalue weighted by atomic mass is 9.97. The van der Waals surface area contributed by atoms with Crippen molar-refractivity contribution in [2.75, 3.05) is 25.1 Å². The van der Waals surface area contributed by atoms with Crippen LogP contribution in [0.4, 0.5) is 5.69 Å². The molecule has 0 N–H and O–H groups in total. The van der Waals surface area contributed by atoms with Gasteiger partial charge in [-0.2, -0.15) is 0 Å². The smallest absolute Gasteiger partial charge is 0.282 e. The topological polar surface area (TPSA) is 49.9 Å². The van der Waals surface area contributed by atoms with Crippen molar-refractivity contribution in [1.29, 1.82) is 0 Å². The van der Waals surface area contributed by atoms with Crippen LogP contribution in [0.2, 0.25) is 10.0 Å². The van der Waals surface area contributed by atoms with E-state index in [2.05, 4.69) is 6.92 Å². The van der Waals surface area contributed by atoms with Gasteiger partial charge >= 0.3 is 0 Å². The molecule has 1 unspecified atom stereocenters. The number of methoxy groups -OCH3 is 1. The SMILES string of the molecule is COc1ccccc1N1C(=O)C(c2ccc(Cl)cc2Cl)=C(N2CCCC(C)C2)C1=O. The van der Waals surface area contributed by atoms with Gasteiger partial charge in [0.25, 0.3) is 11.8 Å². The molecule has 156 valence electrons. The molecule has 0 saturated carbocycles. The van der Waals surface area contributed by atoms with E-state index in [-0.39, 0.29) is 5.91 Å². The van der Waals surface area contributed by atoms with E-state index in [9.17, 15) is 9.59 Å². The van der Waals surface area contributed by atoms with Crippen molar-refractivity contribution < 1.29 is 14.3 Å². The van der Waals surface area contributed by atoms with Crippen LogP contribution in [0.5, 0.6) is 5.75 Å². The summed E-state index contributed by atoms with van der Waals surface area (Å²) in [5.41, 5.74) is 1.62. The number of benzene rings is 2. The number of hydrogen-bond acceptors (Lipinski definition) is 4. The minimum absolute atomic E-state index is 0.307. The Hall–Kier alpha value is -2.50. The molecular formula is C23H22Cl2N2O3. The molecule has 30 heavy (non-hydrogen) atoms. The summed E-state index contributed by atoms with van der Waals surface area (Å²) >= 11 is 12.5. The van der Waals surface area contributed by atoms with Gasteiger partial charge in [-0.25, -0.2) is 4.90 Å². The third-order valence-corrected chi connectivity index (χ3v) is 6.11. The molecule has 0 aromatic heterocycles. The van der Waals surface area contributed by atoms with Crippen molar-refractivity contribution >= 4 is 46.3 Å². The molecule has 5 nitrogen and oxygen atoms in total. The van der Waals surface area contributed by atoms with Crippen LogP contribution in [0, 0.1) is 5.92 Å². The zero-order valence-electron chi connectivity index (χ0n) is 16.8. The minimum atomic E-state index is -0.415. The zero-order chi connectivity index (χ0) is 21.4.